The predicted molar refractivity (Wildman–Crippen MR) is 135 cm³/mol. The summed E-state index contributed by atoms with van der Waals surface area (Å²) in [6, 6.07) is 0. The minimum atomic E-state index is -0.687. The van der Waals surface area contributed by atoms with Crippen molar-refractivity contribution in [3.05, 3.63) is 12.2 Å². The number of ether oxygens (including phenoxy) is 1. The van der Waals surface area contributed by atoms with Crippen molar-refractivity contribution in [2.75, 3.05) is 0 Å². The standard InChI is InChI=1S/C28H52O4/c1-3-5-6-7-8-9-10-11-16-19-22-25-28(31)32-26(4-2)23-20-17-14-12-13-15-18-21-24-27(29)30/h7-8,26H,3-6,9-25H2,1-2H3,(H,29,30)/b8-7-. The van der Waals surface area contributed by atoms with E-state index in [4.69, 9.17) is 9.84 Å². The minimum absolute atomic E-state index is 0.0166. The summed E-state index contributed by atoms with van der Waals surface area (Å²) >= 11 is 0. The van der Waals surface area contributed by atoms with Gasteiger partial charge in [0.1, 0.15) is 6.10 Å². The third kappa shape index (κ3) is 23.3. The topological polar surface area (TPSA) is 63.6 Å². The monoisotopic (exact) mass is 452 g/mol. The summed E-state index contributed by atoms with van der Waals surface area (Å²) in [5, 5.41) is 8.62. The van der Waals surface area contributed by atoms with Crippen LogP contribution < -0.4 is 0 Å². The third-order valence-corrected chi connectivity index (χ3v) is 6.06. The lowest BCUT2D eigenvalue weighted by Crippen LogP contribution is -2.17. The molecule has 32 heavy (non-hydrogen) atoms. The Hall–Kier alpha value is -1.32. The van der Waals surface area contributed by atoms with Crippen LogP contribution in [0.2, 0.25) is 0 Å². The molecule has 0 aliphatic heterocycles. The molecule has 4 nitrogen and oxygen atoms in total. The molecule has 0 aromatic rings. The molecule has 0 aromatic heterocycles. The average Bonchev–Trinajstić information content (AvgIpc) is 2.77. The van der Waals surface area contributed by atoms with E-state index in [0.717, 1.165) is 51.4 Å². The second-order valence-corrected chi connectivity index (χ2v) is 9.20. The Morgan fingerprint density at radius 2 is 1.19 bits per heavy atom. The second-order valence-electron chi connectivity index (χ2n) is 9.20. The fourth-order valence-corrected chi connectivity index (χ4v) is 3.92. The van der Waals surface area contributed by atoms with Crippen molar-refractivity contribution in [2.24, 2.45) is 0 Å². The van der Waals surface area contributed by atoms with Crippen LogP contribution in [0.5, 0.6) is 0 Å². The van der Waals surface area contributed by atoms with Gasteiger partial charge in [0.2, 0.25) is 0 Å². The first kappa shape index (κ1) is 30.7. The predicted octanol–water partition coefficient (Wildman–Crippen LogP) is 8.77. The molecule has 0 rings (SSSR count). The summed E-state index contributed by atoms with van der Waals surface area (Å²) in [5.41, 5.74) is 0. The lowest BCUT2D eigenvalue weighted by molar-refractivity contribution is -0.149. The van der Waals surface area contributed by atoms with Crippen LogP contribution in [0.1, 0.15) is 149 Å². The molecule has 4 heteroatoms. The fraction of sp³-hybridized carbons (Fsp3) is 0.857. The van der Waals surface area contributed by atoms with Crippen LogP contribution in [0.4, 0.5) is 0 Å². The zero-order valence-corrected chi connectivity index (χ0v) is 21.3. The number of hydrogen-bond donors (Lipinski definition) is 1. The molecule has 1 unspecified atom stereocenters. The van der Waals surface area contributed by atoms with Gasteiger partial charge in [-0.1, -0.05) is 96.6 Å². The molecule has 0 heterocycles. The first-order valence-electron chi connectivity index (χ1n) is 13.7. The Morgan fingerprint density at radius 3 is 1.75 bits per heavy atom. The maximum absolute atomic E-state index is 12.1. The Labute approximate surface area is 198 Å². The minimum Gasteiger partial charge on any atom is -0.481 e. The molecule has 0 fully saturated rings. The van der Waals surface area contributed by atoms with E-state index in [1.54, 1.807) is 0 Å². The van der Waals surface area contributed by atoms with Gasteiger partial charge in [0.15, 0.2) is 0 Å². The number of unbranched alkanes of at least 4 members (excludes halogenated alkanes) is 14. The highest BCUT2D eigenvalue weighted by molar-refractivity contribution is 5.69. The van der Waals surface area contributed by atoms with Crippen molar-refractivity contribution < 1.29 is 19.4 Å². The summed E-state index contributed by atoms with van der Waals surface area (Å²) in [6.07, 6.45) is 27.2. The van der Waals surface area contributed by atoms with E-state index in [2.05, 4.69) is 26.0 Å². The third-order valence-electron chi connectivity index (χ3n) is 6.06. The van der Waals surface area contributed by atoms with E-state index < -0.39 is 5.97 Å². The molecular weight excluding hydrogens is 400 g/mol. The van der Waals surface area contributed by atoms with Crippen LogP contribution in [0.15, 0.2) is 12.2 Å². The molecule has 0 saturated heterocycles. The number of hydrogen-bond acceptors (Lipinski definition) is 3. The first-order chi connectivity index (χ1) is 15.6. The zero-order chi connectivity index (χ0) is 23.7. The van der Waals surface area contributed by atoms with Gasteiger partial charge in [-0.25, -0.2) is 0 Å². The maximum Gasteiger partial charge on any atom is 0.306 e. The van der Waals surface area contributed by atoms with Crippen LogP contribution in [0.25, 0.3) is 0 Å². The number of allylic oxidation sites excluding steroid dienone is 2. The number of rotatable bonds is 24. The lowest BCUT2D eigenvalue weighted by atomic mass is 10.0. The van der Waals surface area contributed by atoms with E-state index >= 15 is 0 Å². The Balaban J connectivity index is 3.51. The van der Waals surface area contributed by atoms with E-state index in [0.29, 0.717) is 12.8 Å². The quantitative estimate of drug-likeness (QED) is 0.0902. The van der Waals surface area contributed by atoms with Crippen LogP contribution in [0.3, 0.4) is 0 Å². The summed E-state index contributed by atoms with van der Waals surface area (Å²) < 4.78 is 5.69. The van der Waals surface area contributed by atoms with Crippen molar-refractivity contribution in [3.63, 3.8) is 0 Å². The maximum atomic E-state index is 12.1. The van der Waals surface area contributed by atoms with Crippen molar-refractivity contribution >= 4 is 11.9 Å². The lowest BCUT2D eigenvalue weighted by Gasteiger charge is -2.16. The largest absolute Gasteiger partial charge is 0.481 e. The van der Waals surface area contributed by atoms with E-state index in [-0.39, 0.29) is 12.1 Å². The molecule has 1 atom stereocenters. The number of carboxylic acids is 1. The summed E-state index contributed by atoms with van der Waals surface area (Å²) in [5.74, 6) is -0.704. The van der Waals surface area contributed by atoms with Crippen molar-refractivity contribution in [1.82, 2.24) is 0 Å². The van der Waals surface area contributed by atoms with Gasteiger partial charge in [-0.2, -0.15) is 0 Å². The van der Waals surface area contributed by atoms with Gasteiger partial charge in [0.05, 0.1) is 0 Å². The molecular formula is C28H52O4. The van der Waals surface area contributed by atoms with Crippen LogP contribution >= 0.6 is 0 Å². The first-order valence-corrected chi connectivity index (χ1v) is 13.7. The Morgan fingerprint density at radius 1 is 0.688 bits per heavy atom. The van der Waals surface area contributed by atoms with Crippen LogP contribution in [0, 0.1) is 0 Å². The number of carbonyl (C=O) groups is 2. The molecule has 0 saturated carbocycles. The van der Waals surface area contributed by atoms with Gasteiger partial charge < -0.3 is 9.84 Å². The smallest absolute Gasteiger partial charge is 0.306 e. The highest BCUT2D eigenvalue weighted by atomic mass is 16.5. The molecule has 0 aliphatic carbocycles. The molecule has 0 aromatic carbocycles. The van der Waals surface area contributed by atoms with Gasteiger partial charge in [-0.05, 0) is 51.4 Å². The number of carbonyl (C=O) groups excluding carboxylic acids is 1. The number of aliphatic carboxylic acids is 1. The fourth-order valence-electron chi connectivity index (χ4n) is 3.92. The van der Waals surface area contributed by atoms with Gasteiger partial charge in [-0.15, -0.1) is 0 Å². The molecule has 0 amide bonds. The highest BCUT2D eigenvalue weighted by Crippen LogP contribution is 2.15. The normalized spacial score (nSPS) is 12.3. The zero-order valence-electron chi connectivity index (χ0n) is 21.3. The molecule has 0 spiro atoms. The van der Waals surface area contributed by atoms with Gasteiger partial charge in [-0.3, -0.25) is 9.59 Å². The molecule has 0 radical (unpaired) electrons. The van der Waals surface area contributed by atoms with Gasteiger partial charge >= 0.3 is 11.9 Å². The Bertz CT molecular complexity index is 458. The molecule has 0 bridgehead atoms. The summed E-state index contributed by atoms with van der Waals surface area (Å²) in [4.78, 5) is 22.6. The second kappa shape index (κ2) is 24.3. The highest BCUT2D eigenvalue weighted by Gasteiger charge is 2.12. The number of carboxylic acid groups (broad SMARTS) is 1. The van der Waals surface area contributed by atoms with Crippen molar-refractivity contribution in [1.29, 1.82) is 0 Å². The molecule has 1 N–H and O–H groups in total. The van der Waals surface area contributed by atoms with E-state index in [1.165, 1.54) is 70.6 Å². The molecule has 0 aliphatic rings. The van der Waals surface area contributed by atoms with Crippen molar-refractivity contribution in [3.8, 4) is 0 Å². The van der Waals surface area contributed by atoms with E-state index in [1.807, 2.05) is 0 Å². The molecule has 188 valence electrons. The van der Waals surface area contributed by atoms with Crippen LogP contribution in [-0.2, 0) is 14.3 Å². The SMILES string of the molecule is CCCC/C=C\CCCCCCCC(=O)OC(CC)CCCCCCCCCCC(=O)O. The van der Waals surface area contributed by atoms with Crippen molar-refractivity contribution in [2.45, 2.75) is 155 Å². The number of esters is 1. The van der Waals surface area contributed by atoms with Gasteiger partial charge in [0.25, 0.3) is 0 Å². The summed E-state index contributed by atoms with van der Waals surface area (Å²) in [6.45, 7) is 4.33. The van der Waals surface area contributed by atoms with E-state index in [9.17, 15) is 9.59 Å². The van der Waals surface area contributed by atoms with Crippen LogP contribution in [-0.4, -0.2) is 23.1 Å². The summed E-state index contributed by atoms with van der Waals surface area (Å²) in [7, 11) is 0. The van der Waals surface area contributed by atoms with Gasteiger partial charge in [0, 0.05) is 12.8 Å². The Kier molecular flexibility index (Phi) is 23.3. The average molecular weight is 453 g/mol.